The lowest BCUT2D eigenvalue weighted by atomic mass is 9.78. The molecule has 1 unspecified atom stereocenters. The highest BCUT2D eigenvalue weighted by Gasteiger charge is 2.42. The van der Waals surface area contributed by atoms with Crippen molar-refractivity contribution >= 4 is 15.9 Å². The Labute approximate surface area is 130 Å². The fourth-order valence-corrected chi connectivity index (χ4v) is 3.12. The summed E-state index contributed by atoms with van der Waals surface area (Å²) in [6.07, 6.45) is 3.35. The predicted octanol–water partition coefficient (Wildman–Crippen LogP) is 4.94. The molecule has 0 aromatic heterocycles. The Hall–Kier alpha value is -0.410. The number of rotatable bonds is 5. The van der Waals surface area contributed by atoms with Crippen LogP contribution in [0.2, 0.25) is 0 Å². The van der Waals surface area contributed by atoms with E-state index < -0.39 is 0 Å². The van der Waals surface area contributed by atoms with Gasteiger partial charge in [0.25, 0.3) is 0 Å². The largest absolute Gasteiger partial charge is 0.312 e. The van der Waals surface area contributed by atoms with Crippen molar-refractivity contribution in [2.75, 3.05) is 6.54 Å². The average molecular weight is 342 g/mol. The molecule has 2 rings (SSSR count). The SMILES string of the molecule is CC(C)(C)NCC(C)(Cc1cc(Br)ccc1F)C1CC1. The van der Waals surface area contributed by atoms with E-state index in [1.807, 2.05) is 6.07 Å². The Morgan fingerprint density at radius 1 is 1.25 bits per heavy atom. The minimum Gasteiger partial charge on any atom is -0.312 e. The normalized spacial score (nSPS) is 18.9. The summed E-state index contributed by atoms with van der Waals surface area (Å²) in [7, 11) is 0. The molecule has 0 amide bonds. The third-order valence-corrected chi connectivity index (χ3v) is 4.68. The molecule has 0 spiro atoms. The highest BCUT2D eigenvalue weighted by molar-refractivity contribution is 9.10. The Morgan fingerprint density at radius 3 is 2.45 bits per heavy atom. The van der Waals surface area contributed by atoms with Gasteiger partial charge in [-0.15, -0.1) is 0 Å². The first-order valence-corrected chi connectivity index (χ1v) is 8.18. The number of halogens is 2. The first-order valence-electron chi connectivity index (χ1n) is 7.39. The molecule has 3 heteroatoms. The van der Waals surface area contributed by atoms with Gasteiger partial charge in [0.2, 0.25) is 0 Å². The lowest BCUT2D eigenvalue weighted by Crippen LogP contribution is -2.44. The van der Waals surface area contributed by atoms with Crippen molar-refractivity contribution < 1.29 is 4.39 Å². The molecule has 1 atom stereocenters. The van der Waals surface area contributed by atoms with E-state index in [0.717, 1.165) is 28.9 Å². The predicted molar refractivity (Wildman–Crippen MR) is 86.4 cm³/mol. The van der Waals surface area contributed by atoms with E-state index in [0.29, 0.717) is 0 Å². The zero-order valence-electron chi connectivity index (χ0n) is 12.9. The molecule has 1 aliphatic rings. The molecule has 1 aliphatic carbocycles. The number of benzene rings is 1. The van der Waals surface area contributed by atoms with Gasteiger partial charge in [-0.3, -0.25) is 0 Å². The molecule has 1 fully saturated rings. The van der Waals surface area contributed by atoms with E-state index in [1.54, 1.807) is 12.1 Å². The minimum absolute atomic E-state index is 0.0872. The average Bonchev–Trinajstić information content (AvgIpc) is 3.15. The van der Waals surface area contributed by atoms with E-state index in [9.17, 15) is 4.39 Å². The summed E-state index contributed by atoms with van der Waals surface area (Å²) in [5.74, 6) is 0.631. The second-order valence-electron chi connectivity index (χ2n) is 7.44. The van der Waals surface area contributed by atoms with Crippen molar-refractivity contribution in [1.29, 1.82) is 0 Å². The van der Waals surface area contributed by atoms with Crippen LogP contribution in [-0.2, 0) is 6.42 Å². The van der Waals surface area contributed by atoms with E-state index >= 15 is 0 Å². The van der Waals surface area contributed by atoms with Crippen LogP contribution in [0.1, 0.15) is 46.1 Å². The van der Waals surface area contributed by atoms with Gasteiger partial charge in [-0.25, -0.2) is 4.39 Å². The van der Waals surface area contributed by atoms with Gasteiger partial charge in [-0.2, -0.15) is 0 Å². The number of nitrogens with one attached hydrogen (secondary N) is 1. The van der Waals surface area contributed by atoms with Crippen molar-refractivity contribution in [3.05, 3.63) is 34.1 Å². The van der Waals surface area contributed by atoms with Crippen molar-refractivity contribution in [2.45, 2.75) is 52.5 Å². The van der Waals surface area contributed by atoms with Crippen LogP contribution in [0.5, 0.6) is 0 Å². The van der Waals surface area contributed by atoms with Crippen molar-refractivity contribution in [2.24, 2.45) is 11.3 Å². The van der Waals surface area contributed by atoms with Crippen LogP contribution in [0, 0.1) is 17.2 Å². The fourth-order valence-electron chi connectivity index (χ4n) is 2.71. The van der Waals surface area contributed by atoms with Crippen LogP contribution in [0.25, 0.3) is 0 Å². The van der Waals surface area contributed by atoms with Crippen LogP contribution in [0.15, 0.2) is 22.7 Å². The third kappa shape index (κ3) is 4.29. The smallest absolute Gasteiger partial charge is 0.126 e. The zero-order valence-corrected chi connectivity index (χ0v) is 14.5. The first kappa shape index (κ1) is 16.0. The van der Waals surface area contributed by atoms with Gasteiger partial charge in [0.05, 0.1) is 0 Å². The van der Waals surface area contributed by atoms with Crippen molar-refractivity contribution in [3.63, 3.8) is 0 Å². The Balaban J connectivity index is 2.14. The fraction of sp³-hybridized carbons (Fsp3) is 0.647. The van der Waals surface area contributed by atoms with Crippen LogP contribution in [-0.4, -0.2) is 12.1 Å². The standard InChI is InChI=1S/C17H25BrFN/c1-16(2,3)20-11-17(4,13-5-6-13)10-12-9-14(18)7-8-15(12)19/h7-9,13,20H,5-6,10-11H2,1-4H3. The van der Waals surface area contributed by atoms with Gasteiger partial charge in [-0.05, 0) is 75.1 Å². The molecule has 0 bridgehead atoms. The maximum Gasteiger partial charge on any atom is 0.126 e. The van der Waals surface area contributed by atoms with Crippen LogP contribution in [0.4, 0.5) is 4.39 Å². The van der Waals surface area contributed by atoms with Crippen molar-refractivity contribution in [3.8, 4) is 0 Å². The van der Waals surface area contributed by atoms with E-state index in [1.165, 1.54) is 12.8 Å². The Bertz CT molecular complexity index is 476. The lowest BCUT2D eigenvalue weighted by molar-refractivity contribution is 0.225. The second-order valence-corrected chi connectivity index (χ2v) is 8.36. The number of hydrogen-bond donors (Lipinski definition) is 1. The van der Waals surface area contributed by atoms with Gasteiger partial charge in [-0.1, -0.05) is 22.9 Å². The summed E-state index contributed by atoms with van der Waals surface area (Å²) in [5, 5.41) is 3.60. The molecule has 0 saturated heterocycles. The molecule has 20 heavy (non-hydrogen) atoms. The van der Waals surface area contributed by atoms with Gasteiger partial charge in [0, 0.05) is 16.6 Å². The maximum absolute atomic E-state index is 14.0. The molecule has 0 radical (unpaired) electrons. The van der Waals surface area contributed by atoms with Crippen LogP contribution in [0.3, 0.4) is 0 Å². The topological polar surface area (TPSA) is 12.0 Å². The van der Waals surface area contributed by atoms with Gasteiger partial charge >= 0.3 is 0 Å². The van der Waals surface area contributed by atoms with Crippen molar-refractivity contribution in [1.82, 2.24) is 5.32 Å². The number of hydrogen-bond acceptors (Lipinski definition) is 1. The highest BCUT2D eigenvalue weighted by Crippen LogP contribution is 2.47. The Kier molecular flexibility index (Phi) is 4.60. The van der Waals surface area contributed by atoms with E-state index in [-0.39, 0.29) is 16.8 Å². The second kappa shape index (κ2) is 5.76. The molecule has 1 aromatic rings. The van der Waals surface area contributed by atoms with Crippen LogP contribution < -0.4 is 5.32 Å². The summed E-state index contributed by atoms with van der Waals surface area (Å²) in [6.45, 7) is 9.77. The molecule has 0 heterocycles. The molecule has 0 aliphatic heterocycles. The molecular formula is C17H25BrFN. The molecule has 1 N–H and O–H groups in total. The summed E-state index contributed by atoms with van der Waals surface area (Å²) in [5.41, 5.74) is 1.06. The lowest BCUT2D eigenvalue weighted by Gasteiger charge is -2.34. The van der Waals surface area contributed by atoms with Gasteiger partial charge in [0.15, 0.2) is 0 Å². The molecular weight excluding hydrogens is 317 g/mol. The summed E-state index contributed by atoms with van der Waals surface area (Å²) >= 11 is 3.44. The highest BCUT2D eigenvalue weighted by atomic mass is 79.9. The minimum atomic E-state index is -0.0872. The molecule has 112 valence electrons. The first-order chi connectivity index (χ1) is 9.20. The molecule has 1 nitrogen and oxygen atoms in total. The van der Waals surface area contributed by atoms with Gasteiger partial charge < -0.3 is 5.32 Å². The van der Waals surface area contributed by atoms with Crippen LogP contribution >= 0.6 is 15.9 Å². The summed E-state index contributed by atoms with van der Waals surface area (Å²) < 4.78 is 15.0. The van der Waals surface area contributed by atoms with Gasteiger partial charge in [0.1, 0.15) is 5.82 Å². The Morgan fingerprint density at radius 2 is 1.90 bits per heavy atom. The molecule has 1 aromatic carbocycles. The molecule has 1 saturated carbocycles. The van der Waals surface area contributed by atoms with E-state index in [2.05, 4.69) is 48.9 Å². The quantitative estimate of drug-likeness (QED) is 0.800. The van der Waals surface area contributed by atoms with E-state index in [4.69, 9.17) is 0 Å². The summed E-state index contributed by atoms with van der Waals surface area (Å²) in [4.78, 5) is 0. The third-order valence-electron chi connectivity index (χ3n) is 4.19. The maximum atomic E-state index is 14.0. The monoisotopic (exact) mass is 341 g/mol. The summed E-state index contributed by atoms with van der Waals surface area (Å²) in [6, 6.07) is 5.25. The zero-order chi connectivity index (χ0) is 15.0.